The Hall–Kier alpha value is -1.90. The molecule has 0 saturated carbocycles. The van der Waals surface area contributed by atoms with E-state index in [0.717, 1.165) is 0 Å². The number of ether oxygens (including phenoxy) is 1. The Balaban J connectivity index is 1.96. The first kappa shape index (κ1) is 23.8. The number of rotatable bonds is 4. The molecule has 1 saturated heterocycles. The molecule has 12 heteroatoms. The van der Waals surface area contributed by atoms with Crippen molar-refractivity contribution in [2.24, 2.45) is 5.41 Å². The molecule has 1 aliphatic rings. The maximum Gasteiger partial charge on any atom is 0.374 e. The summed E-state index contributed by atoms with van der Waals surface area (Å²) < 4.78 is 41.4. The highest BCUT2D eigenvalue weighted by Gasteiger charge is 2.67. The molecule has 3 rings (SSSR count). The molecule has 2 atom stereocenters. The number of aliphatic hydroxyl groups is 1. The zero-order valence-corrected chi connectivity index (χ0v) is 18.8. The van der Waals surface area contributed by atoms with Gasteiger partial charge in [-0.2, -0.15) is 0 Å². The van der Waals surface area contributed by atoms with Gasteiger partial charge in [0.05, 0.1) is 11.0 Å². The van der Waals surface area contributed by atoms with Gasteiger partial charge >= 0.3 is 21.2 Å². The van der Waals surface area contributed by atoms with Gasteiger partial charge in [0.15, 0.2) is 0 Å². The third-order valence-corrected chi connectivity index (χ3v) is 9.13. The number of para-hydroxylation sites is 1. The van der Waals surface area contributed by atoms with Crippen molar-refractivity contribution in [1.82, 2.24) is 4.98 Å². The summed E-state index contributed by atoms with van der Waals surface area (Å²) in [6.45, 7) is 4.90. The van der Waals surface area contributed by atoms with Crippen LogP contribution in [0.2, 0.25) is 0 Å². The molecule has 1 fully saturated rings. The monoisotopic (exact) mass is 471 g/mol. The van der Waals surface area contributed by atoms with Gasteiger partial charge in [-0.1, -0.05) is 24.3 Å². The van der Waals surface area contributed by atoms with Crippen LogP contribution in [-0.4, -0.2) is 30.9 Å². The van der Waals surface area contributed by atoms with Crippen LogP contribution in [0, 0.1) is 5.41 Å². The molecular weight excluding hydrogens is 448 g/mol. The van der Waals surface area contributed by atoms with Crippen LogP contribution >= 0.6 is 15.2 Å². The Morgan fingerprint density at radius 1 is 1.13 bits per heavy atom. The van der Waals surface area contributed by atoms with Crippen LogP contribution < -0.4 is 4.74 Å². The molecule has 0 radical (unpaired) electrons. The molecule has 2 aromatic rings. The molecule has 1 aliphatic heterocycles. The van der Waals surface area contributed by atoms with Gasteiger partial charge in [-0.3, -0.25) is 28.0 Å². The zero-order valence-electron chi connectivity index (χ0n) is 17.0. The summed E-state index contributed by atoms with van der Waals surface area (Å²) in [6.07, 6.45) is 0.149. The highest BCUT2D eigenvalue weighted by Crippen LogP contribution is 2.79. The van der Waals surface area contributed by atoms with Crippen molar-refractivity contribution in [2.45, 2.75) is 38.6 Å². The minimum atomic E-state index is -5.15. The predicted molar refractivity (Wildman–Crippen MR) is 109 cm³/mol. The predicted octanol–water partition coefficient (Wildman–Crippen LogP) is 3.34. The summed E-state index contributed by atoms with van der Waals surface area (Å²) in [5, 5.41) is 7.66. The van der Waals surface area contributed by atoms with Crippen LogP contribution in [0.4, 0.5) is 0 Å². The lowest BCUT2D eigenvalue weighted by atomic mass is 9.97. The fraction of sp³-hybridized carbons (Fsp3) is 0.368. The molecule has 31 heavy (non-hydrogen) atoms. The highest BCUT2D eigenvalue weighted by atomic mass is 31.2. The minimum Gasteiger partial charge on any atom is -0.426 e. The molecule has 0 aliphatic carbocycles. The lowest BCUT2D eigenvalue weighted by Crippen LogP contribution is -2.38. The smallest absolute Gasteiger partial charge is 0.374 e. The molecule has 2 heterocycles. The Bertz CT molecular complexity index is 1040. The number of hydrogen-bond donors (Lipinski definition) is 3. The second-order valence-electron chi connectivity index (χ2n) is 8.07. The molecule has 3 N–H and O–H groups in total. The fourth-order valence-corrected chi connectivity index (χ4v) is 6.28. The third-order valence-electron chi connectivity index (χ3n) is 4.53. The quantitative estimate of drug-likeness (QED) is 0.344. The largest absolute Gasteiger partial charge is 0.426 e. The number of hydrogen-bond acceptors (Lipinski definition) is 8. The second-order valence-corrected chi connectivity index (χ2v) is 12.4. The van der Waals surface area contributed by atoms with Crippen LogP contribution in [0.25, 0.3) is 0 Å². The molecule has 0 amide bonds. The van der Waals surface area contributed by atoms with Gasteiger partial charge in [0.25, 0.3) is 5.08 Å². The Morgan fingerprint density at radius 3 is 2.29 bits per heavy atom. The van der Waals surface area contributed by atoms with Crippen LogP contribution in [0.3, 0.4) is 0 Å². The summed E-state index contributed by atoms with van der Waals surface area (Å²) in [5.74, 6) is -0.687. The maximum atomic E-state index is 12.9. The minimum absolute atomic E-state index is 0.0629. The number of nitrogens with zero attached hydrogens (tertiary/aromatic N) is 1. The fourth-order valence-electron chi connectivity index (χ4n) is 2.72. The first-order chi connectivity index (χ1) is 14.3. The number of aromatic nitrogens is 1. The topological polar surface area (TPSA) is 152 Å². The average molecular weight is 471 g/mol. The van der Waals surface area contributed by atoms with Gasteiger partial charge in [-0.15, -0.1) is 0 Å². The number of carbonyl (C=O) groups is 1. The molecular formula is C19H23NO9P2. The zero-order chi connectivity index (χ0) is 23.1. The molecule has 10 nitrogen and oxygen atoms in total. The van der Waals surface area contributed by atoms with Crippen LogP contribution in [0.5, 0.6) is 5.75 Å². The van der Waals surface area contributed by atoms with E-state index in [4.69, 9.17) is 13.8 Å². The van der Waals surface area contributed by atoms with E-state index >= 15 is 0 Å². The molecule has 168 valence electrons. The summed E-state index contributed by atoms with van der Waals surface area (Å²) >= 11 is 0. The summed E-state index contributed by atoms with van der Waals surface area (Å²) in [5.41, 5.74) is -0.699. The van der Waals surface area contributed by atoms with Gasteiger partial charge in [-0.05, 0) is 38.5 Å². The van der Waals surface area contributed by atoms with E-state index in [1.165, 1.54) is 48.8 Å². The lowest BCUT2D eigenvalue weighted by molar-refractivity contribution is -0.143. The van der Waals surface area contributed by atoms with Crippen molar-refractivity contribution in [2.75, 3.05) is 0 Å². The van der Waals surface area contributed by atoms with Crippen LogP contribution in [-0.2, 0) is 29.4 Å². The van der Waals surface area contributed by atoms with E-state index in [-0.39, 0.29) is 16.9 Å². The summed E-state index contributed by atoms with van der Waals surface area (Å²) in [6, 6.07) is 8.72. The first-order valence-corrected chi connectivity index (χ1v) is 12.4. The first-order valence-electron chi connectivity index (χ1n) is 9.22. The standard InChI is InChI=1S/C19H23NO9P2/c1-18(2,3)17(21)27-15-9-5-4-8-14(15)16-28-30(23,24)19(22,31(25,26)29-16)11-13-7-6-10-20-12-13/h4-10,12,16,22H,11H2,1-3H3,(H,23,24)(H,25,26). The summed E-state index contributed by atoms with van der Waals surface area (Å²) in [7, 11) is -10.3. The van der Waals surface area contributed by atoms with E-state index in [1.54, 1.807) is 20.8 Å². The van der Waals surface area contributed by atoms with Gasteiger partial charge in [-0.25, -0.2) is 0 Å². The van der Waals surface area contributed by atoms with Crippen LogP contribution in [0.15, 0.2) is 48.8 Å². The van der Waals surface area contributed by atoms with Crippen molar-refractivity contribution in [3.05, 3.63) is 59.9 Å². The van der Waals surface area contributed by atoms with E-state index in [1.807, 2.05) is 0 Å². The van der Waals surface area contributed by atoms with Crippen molar-refractivity contribution in [1.29, 1.82) is 0 Å². The summed E-state index contributed by atoms with van der Waals surface area (Å²) in [4.78, 5) is 37.0. The maximum absolute atomic E-state index is 12.9. The van der Waals surface area contributed by atoms with E-state index < -0.39 is 44.4 Å². The van der Waals surface area contributed by atoms with Gasteiger partial charge in [0, 0.05) is 18.8 Å². The Labute approximate surface area is 178 Å². The molecule has 1 aromatic carbocycles. The van der Waals surface area contributed by atoms with Crippen LogP contribution in [0.1, 0.15) is 38.2 Å². The SMILES string of the molecule is CC(C)(C)C(=O)Oc1ccccc1C1OP(=O)(O)C(O)(Cc2cccnc2)P(=O)(O)O1. The third kappa shape index (κ3) is 4.66. The molecule has 1 aromatic heterocycles. The molecule has 0 bridgehead atoms. The number of pyridine rings is 1. The van der Waals surface area contributed by atoms with Gasteiger partial charge in [0.1, 0.15) is 5.75 Å². The van der Waals surface area contributed by atoms with Crippen molar-refractivity contribution in [3.8, 4) is 5.75 Å². The highest BCUT2D eigenvalue weighted by molar-refractivity contribution is 7.73. The molecule has 0 spiro atoms. The Morgan fingerprint density at radius 2 is 1.74 bits per heavy atom. The van der Waals surface area contributed by atoms with E-state index in [0.29, 0.717) is 0 Å². The van der Waals surface area contributed by atoms with Crippen molar-refractivity contribution >= 4 is 21.2 Å². The van der Waals surface area contributed by atoms with Gasteiger partial charge < -0.3 is 19.6 Å². The van der Waals surface area contributed by atoms with E-state index in [9.17, 15) is 28.8 Å². The number of benzene rings is 1. The molecule has 2 unspecified atom stereocenters. The second kappa shape index (κ2) is 8.22. The van der Waals surface area contributed by atoms with E-state index in [2.05, 4.69) is 4.98 Å². The van der Waals surface area contributed by atoms with Gasteiger partial charge in [0.2, 0.25) is 6.29 Å². The number of carbonyl (C=O) groups excluding carboxylic acids is 1. The van der Waals surface area contributed by atoms with Crippen molar-refractivity contribution < 1.29 is 42.6 Å². The number of esters is 1. The Kier molecular flexibility index (Phi) is 6.30. The average Bonchev–Trinajstić information content (AvgIpc) is 2.66. The normalized spacial score (nSPS) is 31.2. The lowest BCUT2D eigenvalue weighted by Gasteiger charge is -2.41. The van der Waals surface area contributed by atoms with Crippen molar-refractivity contribution in [3.63, 3.8) is 0 Å².